The van der Waals surface area contributed by atoms with E-state index in [0.29, 0.717) is 38.4 Å². The van der Waals surface area contributed by atoms with Crippen LogP contribution in [0.25, 0.3) is 72.0 Å². The van der Waals surface area contributed by atoms with E-state index in [1.165, 1.54) is 12.1 Å². The molecule has 0 spiro atoms. The van der Waals surface area contributed by atoms with Crippen LogP contribution in [0.2, 0.25) is 0 Å². The Kier molecular flexibility index (Phi) is 6.47. The van der Waals surface area contributed by atoms with Gasteiger partial charge < -0.3 is 14.0 Å². The first-order valence-electron chi connectivity index (χ1n) is 19.4. The quantitative estimate of drug-likeness (QED) is 0.165. The van der Waals surface area contributed by atoms with E-state index in [9.17, 15) is 0 Å². The summed E-state index contributed by atoms with van der Waals surface area (Å²) in [6.45, 7) is -6.81. The number of hydrogen-bond donors (Lipinski definition) is 0. The van der Waals surface area contributed by atoms with Gasteiger partial charge in [0, 0.05) is 55.4 Å². The van der Waals surface area contributed by atoms with Crippen LogP contribution in [0.5, 0.6) is 0 Å². The van der Waals surface area contributed by atoms with Gasteiger partial charge in [-0.15, -0.1) is 53.6 Å². The minimum atomic E-state index is -2.37. The van der Waals surface area contributed by atoms with Crippen molar-refractivity contribution in [2.45, 2.75) is 20.6 Å². The van der Waals surface area contributed by atoms with Gasteiger partial charge in [-0.3, -0.25) is 4.98 Å². The molecule has 0 fully saturated rings. The van der Waals surface area contributed by atoms with Crippen LogP contribution in [-0.4, -0.2) is 24.5 Å². The fraction of sp³-hybridized carbons (Fsp3) is 0.0732. The first-order valence-corrected chi connectivity index (χ1v) is 15.7. The molecule has 5 heterocycles. The van der Waals surface area contributed by atoms with Crippen LogP contribution in [0.3, 0.4) is 0 Å². The summed E-state index contributed by atoms with van der Waals surface area (Å²) in [5.41, 5.74) is 6.22. The average Bonchev–Trinajstić information content (AvgIpc) is 3.90. The predicted octanol–water partition coefficient (Wildman–Crippen LogP) is 10.4. The zero-order valence-corrected chi connectivity index (χ0v) is 28.6. The summed E-state index contributed by atoms with van der Waals surface area (Å²) >= 11 is 1.02. The number of nitrogens with zero attached hydrogens (tertiary/aromatic N) is 5. The Balaban J connectivity index is 0.000000254. The standard InChI is InChI=1S/C29H19N4OS.C12H10N.Ir/c1-17-11-16-23-22-9-6-10-24(25(22)34-28(23)30-17)26-32-29-27(31-18(2)35-29)33(26)21-14-12-20(13-15-21)19-7-4-3-5-8-19;1-10-5-7-11(8-6-10)12-4-2-3-9-13-12;/h3-9,11-16H,1-2H3;2-7,9H,1H3;/q2*-1;/i1D3,2D3;1D3;. The van der Waals surface area contributed by atoms with Crippen molar-refractivity contribution in [3.63, 3.8) is 0 Å². The molecule has 6 nitrogen and oxygen atoms in total. The van der Waals surface area contributed by atoms with Gasteiger partial charge in [-0.05, 0) is 60.9 Å². The van der Waals surface area contributed by atoms with Crippen molar-refractivity contribution in [3.8, 4) is 39.5 Å². The second-order valence-electron chi connectivity index (χ2n) is 10.8. The van der Waals surface area contributed by atoms with Crippen LogP contribution in [-0.2, 0) is 20.1 Å². The van der Waals surface area contributed by atoms with Crippen LogP contribution < -0.4 is 0 Å². The Labute approximate surface area is 314 Å². The van der Waals surface area contributed by atoms with Crippen LogP contribution >= 0.6 is 11.3 Å². The number of furan rings is 1. The molecule has 0 N–H and O–H groups in total. The molecule has 4 aromatic carbocycles. The topological polar surface area (TPSA) is 69.6 Å². The molecule has 0 saturated carbocycles. The van der Waals surface area contributed by atoms with Crippen molar-refractivity contribution < 1.29 is 36.9 Å². The molecule has 241 valence electrons. The van der Waals surface area contributed by atoms with Gasteiger partial charge in [-0.1, -0.05) is 83.7 Å². The number of hydrogen-bond acceptors (Lipinski definition) is 6. The minimum absolute atomic E-state index is 0. The van der Waals surface area contributed by atoms with Crippen molar-refractivity contribution in [2.75, 3.05) is 0 Å². The van der Waals surface area contributed by atoms with E-state index in [4.69, 9.17) is 21.7 Å². The summed E-state index contributed by atoms with van der Waals surface area (Å²) in [4.78, 5) is 18.2. The summed E-state index contributed by atoms with van der Waals surface area (Å²) in [5, 5.41) is 1.40. The number of benzene rings is 4. The summed E-state index contributed by atoms with van der Waals surface area (Å²) in [5.74, 6) is 0.462. The third-order valence-electron chi connectivity index (χ3n) is 7.73. The molecule has 9 rings (SSSR count). The molecule has 8 heteroatoms. The first-order chi connectivity index (χ1) is 27.1. The van der Waals surface area contributed by atoms with Crippen LogP contribution in [0.1, 0.15) is 28.6 Å². The van der Waals surface area contributed by atoms with E-state index in [0.717, 1.165) is 44.8 Å². The Morgan fingerprint density at radius 2 is 1.61 bits per heavy atom. The molecule has 0 saturated heterocycles. The molecular weight excluding hydrogens is 803 g/mol. The number of rotatable bonds is 4. The zero-order chi connectivity index (χ0) is 40.1. The molecule has 0 aliphatic rings. The molecule has 0 bridgehead atoms. The van der Waals surface area contributed by atoms with Crippen LogP contribution in [0, 0.1) is 32.7 Å². The first kappa shape index (κ1) is 23.1. The molecule has 0 aliphatic heterocycles. The molecule has 9 aromatic rings. The maximum absolute atomic E-state index is 7.87. The average molecular weight is 841 g/mol. The Hall–Kier alpha value is -5.27. The molecule has 0 atom stereocenters. The van der Waals surface area contributed by atoms with Crippen molar-refractivity contribution in [2.24, 2.45) is 0 Å². The van der Waals surface area contributed by atoms with Gasteiger partial charge in [-0.2, -0.15) is 0 Å². The molecular formula is C41H29IrN5OS-2. The van der Waals surface area contributed by atoms with Gasteiger partial charge in [-0.25, -0.2) is 9.97 Å². The Morgan fingerprint density at radius 1 is 0.755 bits per heavy atom. The van der Waals surface area contributed by atoms with Crippen molar-refractivity contribution in [1.82, 2.24) is 24.5 Å². The number of pyridine rings is 2. The van der Waals surface area contributed by atoms with Gasteiger partial charge in [0.15, 0.2) is 10.5 Å². The second-order valence-corrected chi connectivity index (χ2v) is 11.8. The summed E-state index contributed by atoms with van der Waals surface area (Å²) < 4.78 is 76.4. The van der Waals surface area contributed by atoms with Gasteiger partial charge >= 0.3 is 0 Å². The van der Waals surface area contributed by atoms with Crippen LogP contribution in [0.15, 0.2) is 126 Å². The van der Waals surface area contributed by atoms with Crippen molar-refractivity contribution in [3.05, 3.63) is 150 Å². The molecule has 49 heavy (non-hydrogen) atoms. The number of aromatic nitrogens is 5. The molecule has 1 radical (unpaired) electrons. The number of thiazole rings is 1. The second kappa shape index (κ2) is 13.7. The molecule has 5 aromatic heterocycles. The third-order valence-corrected chi connectivity index (χ3v) is 8.48. The molecule has 0 amide bonds. The van der Waals surface area contributed by atoms with E-state index in [2.05, 4.69) is 27.1 Å². The summed E-state index contributed by atoms with van der Waals surface area (Å²) in [7, 11) is 0. The normalized spacial score (nSPS) is 14.5. The monoisotopic (exact) mass is 841 g/mol. The number of aryl methyl sites for hydroxylation is 3. The smallest absolute Gasteiger partial charge is 0.216 e. The number of fused-ring (bicyclic) bond motifs is 4. The SMILES string of the molecule is [2H]C([2H])([2H])c1c[c-]c(-c2ccccn2)cc1.[2H]C([2H])([2H])c1ccc2c(n1)oc1c(-c3nc4sc(C([2H])([2H])[2H])nc4n3-c3ccc(-c4ccccc4)cc3)[c-]ccc12.[Ir]. The maximum Gasteiger partial charge on any atom is 0.216 e. The van der Waals surface area contributed by atoms with E-state index in [1.54, 1.807) is 35.0 Å². The zero-order valence-electron chi connectivity index (χ0n) is 34.4. The Morgan fingerprint density at radius 3 is 2.37 bits per heavy atom. The van der Waals surface area contributed by atoms with Crippen molar-refractivity contribution in [1.29, 1.82) is 0 Å². The summed E-state index contributed by atoms with van der Waals surface area (Å²) in [6.07, 6.45) is 1.70. The number of imidazole rings is 1. The maximum atomic E-state index is 7.87. The third kappa shape index (κ3) is 6.34. The van der Waals surface area contributed by atoms with E-state index in [-0.39, 0.29) is 36.5 Å². The fourth-order valence-corrected chi connectivity index (χ4v) is 6.19. The molecule has 0 unspecified atom stereocenters. The van der Waals surface area contributed by atoms with Crippen LogP contribution in [0.4, 0.5) is 0 Å². The minimum Gasteiger partial charge on any atom is -0.486 e. The van der Waals surface area contributed by atoms with E-state index >= 15 is 0 Å². The Bertz CT molecular complexity index is 2850. The van der Waals surface area contributed by atoms with E-state index in [1.807, 2.05) is 78.9 Å². The van der Waals surface area contributed by atoms with E-state index < -0.39 is 20.6 Å². The van der Waals surface area contributed by atoms with Gasteiger partial charge in [0.1, 0.15) is 0 Å². The van der Waals surface area contributed by atoms with Gasteiger partial charge in [0.05, 0.1) is 16.4 Å². The largest absolute Gasteiger partial charge is 0.486 e. The summed E-state index contributed by atoms with van der Waals surface area (Å²) in [6, 6.07) is 41.1. The van der Waals surface area contributed by atoms with Gasteiger partial charge in [0.2, 0.25) is 5.71 Å². The fourth-order valence-electron chi connectivity index (χ4n) is 5.51. The molecule has 0 aliphatic carbocycles. The predicted molar refractivity (Wildman–Crippen MR) is 194 cm³/mol. The van der Waals surface area contributed by atoms with Crippen molar-refractivity contribution >= 4 is 43.9 Å². The van der Waals surface area contributed by atoms with Gasteiger partial charge in [0.25, 0.3) is 0 Å².